The van der Waals surface area contributed by atoms with Gasteiger partial charge in [0.05, 0.1) is 55.2 Å². The molecular formula is C116H86BrN11. The van der Waals surface area contributed by atoms with Gasteiger partial charge in [0.25, 0.3) is 0 Å². The minimum absolute atomic E-state index is 0.773. The molecule has 11 nitrogen and oxygen atoms in total. The lowest BCUT2D eigenvalue weighted by molar-refractivity contribution is 1.18. The Morgan fingerprint density at radius 1 is 0.172 bits per heavy atom. The van der Waals surface area contributed by atoms with Crippen molar-refractivity contribution in [3.63, 3.8) is 0 Å². The number of hydrogen-bond donors (Lipinski definition) is 2. The summed E-state index contributed by atoms with van der Waals surface area (Å²) < 4.78 is 13.0. The molecule has 0 amide bonds. The maximum Gasteiger partial charge on any atom is 0.0542 e. The van der Waals surface area contributed by atoms with Gasteiger partial charge in [-0.2, -0.15) is 0 Å². The summed E-state index contributed by atoms with van der Waals surface area (Å²) in [6.07, 6.45) is 0. The highest BCUT2D eigenvalue weighted by molar-refractivity contribution is 9.10. The minimum atomic E-state index is 0.773. The van der Waals surface area contributed by atoms with Crippen LogP contribution in [0, 0.1) is 0 Å². The third-order valence-electron chi connectivity index (χ3n) is 24.9. The maximum absolute atomic E-state index is 5.65. The lowest BCUT2D eigenvalue weighted by Crippen LogP contribution is -2.13. The van der Waals surface area contributed by atoms with Crippen molar-refractivity contribution < 1.29 is 0 Å². The Bertz CT molecular complexity index is 7510. The third-order valence-corrected chi connectivity index (χ3v) is 25.4. The highest BCUT2D eigenvalue weighted by Gasteiger charge is 2.25. The fraction of sp³-hybridized carbons (Fsp3) is 0.0172. The summed E-state index contributed by atoms with van der Waals surface area (Å²) in [6.45, 7) is 0. The average Bonchev–Trinajstić information content (AvgIpc) is 1.60. The van der Waals surface area contributed by atoms with Crippen molar-refractivity contribution in [2.24, 2.45) is 0 Å². The minimum Gasteiger partial charge on any atom is -0.399 e. The quantitative estimate of drug-likeness (QED) is 0.0994. The molecule has 0 bridgehead atoms. The van der Waals surface area contributed by atoms with Crippen LogP contribution < -0.4 is 31.1 Å². The van der Waals surface area contributed by atoms with Gasteiger partial charge in [0.1, 0.15) is 0 Å². The number of nitrogen functional groups attached to an aromatic ring is 2. The molecule has 5 heterocycles. The molecule has 0 saturated heterocycles. The smallest absolute Gasteiger partial charge is 0.0542 e. The Morgan fingerprint density at radius 3 is 0.594 bits per heavy atom. The normalized spacial score (nSPS) is 11.5. The Hall–Kier alpha value is -16.5. The van der Waals surface area contributed by atoms with E-state index in [1.165, 1.54) is 92.6 Å². The van der Waals surface area contributed by atoms with Crippen LogP contribution in [0.5, 0.6) is 0 Å². The third kappa shape index (κ3) is 14.0. The first-order chi connectivity index (χ1) is 63.1. The fourth-order valence-corrected chi connectivity index (χ4v) is 19.2. The zero-order chi connectivity index (χ0) is 85.9. The van der Waals surface area contributed by atoms with Crippen LogP contribution in [-0.2, 0) is 0 Å². The molecule has 612 valence electrons. The molecule has 0 saturated carbocycles. The zero-order valence-electron chi connectivity index (χ0n) is 70.4. The first-order valence-electron chi connectivity index (χ1n) is 43.2. The summed E-state index contributed by atoms with van der Waals surface area (Å²) in [7, 11) is 4.18. The van der Waals surface area contributed by atoms with Crippen molar-refractivity contribution in [2.45, 2.75) is 0 Å². The Morgan fingerprint density at radius 2 is 0.352 bits per heavy atom. The van der Waals surface area contributed by atoms with Crippen LogP contribution in [0.25, 0.3) is 137 Å². The number of hydrogen-bond acceptors (Lipinski definition) is 6. The van der Waals surface area contributed by atoms with Crippen LogP contribution in [0.3, 0.4) is 0 Å². The molecule has 12 heteroatoms. The summed E-state index contributed by atoms with van der Waals surface area (Å²) in [5.41, 5.74) is 41.2. The van der Waals surface area contributed by atoms with Crippen LogP contribution in [0.1, 0.15) is 0 Å². The standard InChI is InChI=1S/C85H59N7.C18H12BrN.C13H15N3/c1-86(58-38-42-64(43-39-58)87(66-46-50-82-74(54-66)70-30-14-18-34-78(70)89(82)60-22-6-2-7-23-60)67-47-51-83-75(55-67)71-31-15-19-35-79(71)90(83)61-24-8-3-9-25-61)59-40-44-65(45-41-59)88(68-48-52-84-76(56-68)72-32-16-20-36-80(72)91(84)62-26-10-4-11-27-62)69-49-53-85-77(57-69)73-33-17-21-37-81(73)92(85)63-28-12-5-13-29-63;19-13-10-11-18-16(12-13)15-8-4-5-9-17(15)20(18)14-6-2-1-3-7-14;1-16(12-6-2-10(14)3-7-12)13-8-4-11(15)5-9-13/h2-57H,1H3;1-12H;2-9H,14-15H2,1H3. The summed E-state index contributed by atoms with van der Waals surface area (Å²) in [4.78, 5) is 9.21. The van der Waals surface area contributed by atoms with Gasteiger partial charge in [-0.3, -0.25) is 0 Å². The van der Waals surface area contributed by atoms with Crippen LogP contribution in [0.2, 0.25) is 0 Å². The molecular weight excluding hydrogens is 1630 g/mol. The van der Waals surface area contributed by atoms with Crippen LogP contribution >= 0.6 is 15.9 Å². The van der Waals surface area contributed by atoms with E-state index in [-0.39, 0.29) is 0 Å². The number of aromatic nitrogens is 5. The molecule has 0 aliphatic heterocycles. The second-order valence-corrected chi connectivity index (χ2v) is 33.3. The topological polar surface area (TPSA) is 89.6 Å². The Balaban J connectivity index is 0.000000220. The average molecular weight is 1710 g/mol. The molecule has 24 aromatic rings. The van der Waals surface area contributed by atoms with Gasteiger partial charge in [-0.05, 0) is 279 Å². The molecule has 0 atom stereocenters. The molecule has 4 N–H and O–H groups in total. The SMILES string of the molecule is Brc1ccc2c(c1)c1ccccc1n2-c1ccccc1.CN(c1ccc(N(c2ccc3c(c2)c2ccccc2n3-c2ccccc2)c2ccc3c(c2)c2ccccc2n3-c2ccccc2)cc1)c1ccc(N(c2ccc3c(c2)c2ccccc2n3-c2ccccc2)c2ccc3c(c2)c2ccccc2n3-c2ccccc2)cc1.CN(c1ccc(N)cc1)c1ccc(N)cc1. The van der Waals surface area contributed by atoms with E-state index in [1.54, 1.807) is 0 Å². The van der Waals surface area contributed by atoms with Gasteiger partial charge in [0, 0.05) is 169 Å². The molecule has 128 heavy (non-hydrogen) atoms. The van der Waals surface area contributed by atoms with E-state index in [0.29, 0.717) is 0 Å². The number of anilines is 12. The van der Waals surface area contributed by atoms with E-state index in [9.17, 15) is 0 Å². The van der Waals surface area contributed by atoms with E-state index in [4.69, 9.17) is 11.5 Å². The van der Waals surface area contributed by atoms with Crippen molar-refractivity contribution >= 4 is 193 Å². The second kappa shape index (κ2) is 32.9. The van der Waals surface area contributed by atoms with Crippen molar-refractivity contribution in [2.75, 3.05) is 45.2 Å². The van der Waals surface area contributed by atoms with Crippen LogP contribution in [0.4, 0.5) is 68.2 Å². The van der Waals surface area contributed by atoms with E-state index in [2.05, 4.69) is 472 Å². The summed E-state index contributed by atoms with van der Waals surface area (Å²) in [5, 5.41) is 12.2. The fourth-order valence-electron chi connectivity index (χ4n) is 18.9. The number of nitrogens with zero attached hydrogens (tertiary/aromatic N) is 9. The highest BCUT2D eigenvalue weighted by Crippen LogP contribution is 2.47. The van der Waals surface area contributed by atoms with Gasteiger partial charge in [-0.15, -0.1) is 0 Å². The van der Waals surface area contributed by atoms with E-state index in [1.807, 2.05) is 61.6 Å². The molecule has 24 rings (SSSR count). The summed E-state index contributed by atoms with van der Waals surface area (Å²) in [6, 6.07) is 165. The molecule has 0 aliphatic rings. The van der Waals surface area contributed by atoms with Gasteiger partial charge in [0.15, 0.2) is 0 Å². The predicted octanol–water partition coefficient (Wildman–Crippen LogP) is 30.9. The summed E-state index contributed by atoms with van der Waals surface area (Å²) in [5.74, 6) is 0. The van der Waals surface area contributed by atoms with E-state index < -0.39 is 0 Å². The largest absolute Gasteiger partial charge is 0.399 e. The Kier molecular flexibility index (Phi) is 19.9. The zero-order valence-corrected chi connectivity index (χ0v) is 72.0. The lowest BCUT2D eigenvalue weighted by Gasteiger charge is -2.28. The van der Waals surface area contributed by atoms with Gasteiger partial charge < -0.3 is 53.9 Å². The second-order valence-electron chi connectivity index (χ2n) is 32.4. The van der Waals surface area contributed by atoms with Gasteiger partial charge >= 0.3 is 0 Å². The van der Waals surface area contributed by atoms with E-state index in [0.717, 1.165) is 118 Å². The molecule has 0 radical (unpaired) electrons. The monoisotopic (exact) mass is 1710 g/mol. The lowest BCUT2D eigenvalue weighted by atomic mass is 10.1. The number of halogens is 1. The van der Waals surface area contributed by atoms with Gasteiger partial charge in [-0.1, -0.05) is 198 Å². The van der Waals surface area contributed by atoms with Crippen LogP contribution in [-0.4, -0.2) is 36.9 Å². The number of nitrogens with two attached hydrogens (primary N) is 2. The maximum atomic E-state index is 5.65. The number of para-hydroxylation sites is 10. The molecule has 0 fully saturated rings. The molecule has 19 aromatic carbocycles. The number of benzene rings is 19. The number of rotatable bonds is 15. The van der Waals surface area contributed by atoms with Gasteiger partial charge in [0.2, 0.25) is 0 Å². The van der Waals surface area contributed by atoms with Crippen LogP contribution in [0.15, 0.2) is 466 Å². The molecule has 0 aliphatic carbocycles. The van der Waals surface area contributed by atoms with Crippen molar-refractivity contribution in [3.05, 3.63) is 466 Å². The summed E-state index contributed by atoms with van der Waals surface area (Å²) >= 11 is 3.57. The molecule has 0 spiro atoms. The Labute approximate surface area is 749 Å². The number of fused-ring (bicyclic) bond motifs is 15. The predicted molar refractivity (Wildman–Crippen MR) is 546 cm³/mol. The van der Waals surface area contributed by atoms with Crippen molar-refractivity contribution in [3.8, 4) is 28.4 Å². The molecule has 5 aromatic heterocycles. The first-order valence-corrected chi connectivity index (χ1v) is 44.0. The molecule has 0 unspecified atom stereocenters. The van der Waals surface area contributed by atoms with Crippen molar-refractivity contribution in [1.29, 1.82) is 0 Å². The van der Waals surface area contributed by atoms with E-state index >= 15 is 0 Å². The first kappa shape index (κ1) is 77.5. The highest BCUT2D eigenvalue weighted by atomic mass is 79.9. The van der Waals surface area contributed by atoms with Crippen molar-refractivity contribution in [1.82, 2.24) is 22.8 Å². The van der Waals surface area contributed by atoms with Gasteiger partial charge in [-0.25, -0.2) is 0 Å².